The number of amides is 1. The van der Waals surface area contributed by atoms with Gasteiger partial charge in [-0.2, -0.15) is 0 Å². The standard InChI is InChI=1S/C23H26N4O3/c1-16-12-24-13-21(25-16)29-8-6-17-7-9-30-23(11-17)14-27(15-23)22(28)20-10-18-4-2-3-5-19(18)26-20/h2-5,10,12-13,17,26H,6-9,11,14-15H2,1H3/t17-/m0/s1. The molecule has 1 spiro atoms. The number of likely N-dealkylation sites (tertiary alicyclic amines) is 1. The Kier molecular flexibility index (Phi) is 4.90. The fourth-order valence-electron chi connectivity index (χ4n) is 4.59. The average molecular weight is 406 g/mol. The number of fused-ring (bicyclic) bond motifs is 1. The van der Waals surface area contributed by atoms with Crippen LogP contribution in [0, 0.1) is 12.8 Å². The third-order valence-corrected chi connectivity index (χ3v) is 6.11. The number of nitrogens with zero attached hydrogens (tertiary/aromatic N) is 3. The van der Waals surface area contributed by atoms with E-state index in [9.17, 15) is 4.79 Å². The Labute approximate surface area is 175 Å². The number of carbonyl (C=O) groups is 1. The number of H-pyrrole nitrogens is 1. The first kappa shape index (κ1) is 19.1. The number of rotatable bonds is 5. The smallest absolute Gasteiger partial charge is 0.270 e. The lowest BCUT2D eigenvalue weighted by Gasteiger charge is -2.53. The number of ether oxygens (including phenoxy) is 2. The van der Waals surface area contributed by atoms with E-state index in [1.165, 1.54) is 0 Å². The highest BCUT2D eigenvalue weighted by molar-refractivity contribution is 5.98. The number of hydrogen-bond acceptors (Lipinski definition) is 5. The molecule has 1 amide bonds. The molecule has 0 aliphatic carbocycles. The molecule has 0 saturated carbocycles. The molecule has 2 aromatic heterocycles. The lowest BCUT2D eigenvalue weighted by Crippen LogP contribution is -2.66. The Morgan fingerprint density at radius 3 is 3.03 bits per heavy atom. The zero-order chi connectivity index (χ0) is 20.6. The number of carbonyl (C=O) groups excluding carboxylic acids is 1. The summed E-state index contributed by atoms with van der Waals surface area (Å²) in [5, 5.41) is 1.06. The average Bonchev–Trinajstić information content (AvgIpc) is 3.16. The molecule has 4 heterocycles. The molecule has 30 heavy (non-hydrogen) atoms. The Balaban J connectivity index is 1.14. The molecule has 7 nitrogen and oxygen atoms in total. The van der Waals surface area contributed by atoms with Crippen molar-refractivity contribution in [1.29, 1.82) is 0 Å². The highest BCUT2D eigenvalue weighted by Crippen LogP contribution is 2.38. The van der Waals surface area contributed by atoms with Crippen molar-refractivity contribution >= 4 is 16.8 Å². The minimum atomic E-state index is -0.201. The molecular formula is C23H26N4O3. The fourth-order valence-corrected chi connectivity index (χ4v) is 4.59. The number of para-hydroxylation sites is 1. The minimum Gasteiger partial charge on any atom is -0.477 e. The molecule has 0 unspecified atom stereocenters. The van der Waals surface area contributed by atoms with E-state index in [1.807, 2.05) is 42.2 Å². The van der Waals surface area contributed by atoms with Crippen LogP contribution in [0.1, 0.15) is 35.4 Å². The minimum absolute atomic E-state index is 0.0453. The van der Waals surface area contributed by atoms with Crippen LogP contribution in [0.25, 0.3) is 10.9 Å². The van der Waals surface area contributed by atoms with Crippen LogP contribution < -0.4 is 4.74 Å². The largest absolute Gasteiger partial charge is 0.477 e. The van der Waals surface area contributed by atoms with Crippen molar-refractivity contribution in [2.75, 3.05) is 26.3 Å². The molecule has 0 radical (unpaired) electrons. The molecule has 1 atom stereocenters. The summed E-state index contributed by atoms with van der Waals surface area (Å²) in [5.74, 6) is 1.15. The summed E-state index contributed by atoms with van der Waals surface area (Å²) in [6, 6.07) is 9.88. The van der Waals surface area contributed by atoms with E-state index in [0.29, 0.717) is 37.2 Å². The number of nitrogens with one attached hydrogen (secondary N) is 1. The van der Waals surface area contributed by atoms with Gasteiger partial charge in [-0.25, -0.2) is 4.98 Å². The summed E-state index contributed by atoms with van der Waals surface area (Å²) in [5.41, 5.74) is 2.29. The van der Waals surface area contributed by atoms with Crippen LogP contribution >= 0.6 is 0 Å². The van der Waals surface area contributed by atoms with Gasteiger partial charge >= 0.3 is 0 Å². The van der Waals surface area contributed by atoms with Gasteiger partial charge in [0.15, 0.2) is 0 Å². The number of aryl methyl sites for hydroxylation is 1. The summed E-state index contributed by atoms with van der Waals surface area (Å²) in [6.07, 6.45) is 6.32. The first-order valence-corrected chi connectivity index (χ1v) is 10.5. The Morgan fingerprint density at radius 2 is 2.20 bits per heavy atom. The Hall–Kier alpha value is -2.93. The number of aromatic amines is 1. The number of aromatic nitrogens is 3. The molecule has 0 bridgehead atoms. The maximum absolute atomic E-state index is 12.9. The highest BCUT2D eigenvalue weighted by atomic mass is 16.5. The predicted molar refractivity (Wildman–Crippen MR) is 112 cm³/mol. The van der Waals surface area contributed by atoms with Gasteiger partial charge in [0.2, 0.25) is 5.88 Å². The van der Waals surface area contributed by atoms with Gasteiger partial charge in [-0.05, 0) is 44.2 Å². The maximum atomic E-state index is 12.9. The van der Waals surface area contributed by atoms with Crippen LogP contribution in [0.4, 0.5) is 0 Å². The molecule has 2 aliphatic rings. The van der Waals surface area contributed by atoms with Gasteiger partial charge in [0.05, 0.1) is 31.6 Å². The summed E-state index contributed by atoms with van der Waals surface area (Å²) >= 11 is 0. The summed E-state index contributed by atoms with van der Waals surface area (Å²) in [7, 11) is 0. The first-order chi connectivity index (χ1) is 14.6. The monoisotopic (exact) mass is 406 g/mol. The molecule has 2 saturated heterocycles. The van der Waals surface area contributed by atoms with Crippen LogP contribution in [0.15, 0.2) is 42.7 Å². The topological polar surface area (TPSA) is 80.3 Å². The van der Waals surface area contributed by atoms with Gasteiger partial charge in [-0.3, -0.25) is 9.78 Å². The molecule has 1 N–H and O–H groups in total. The molecule has 7 heteroatoms. The van der Waals surface area contributed by atoms with Crippen molar-refractivity contribution in [3.63, 3.8) is 0 Å². The van der Waals surface area contributed by atoms with Crippen molar-refractivity contribution < 1.29 is 14.3 Å². The van der Waals surface area contributed by atoms with Crippen molar-refractivity contribution in [3.05, 3.63) is 54.1 Å². The zero-order valence-electron chi connectivity index (χ0n) is 17.1. The second-order valence-electron chi connectivity index (χ2n) is 8.46. The molecule has 3 aromatic rings. The van der Waals surface area contributed by atoms with E-state index >= 15 is 0 Å². The second kappa shape index (κ2) is 7.72. The third kappa shape index (κ3) is 3.77. The zero-order valence-corrected chi connectivity index (χ0v) is 17.1. The lowest BCUT2D eigenvalue weighted by molar-refractivity contribution is -0.166. The van der Waals surface area contributed by atoms with Gasteiger partial charge in [-0.15, -0.1) is 0 Å². The number of benzene rings is 1. The molecular weight excluding hydrogens is 380 g/mol. The summed E-state index contributed by atoms with van der Waals surface area (Å²) in [6.45, 7) is 4.57. The van der Waals surface area contributed by atoms with Gasteiger partial charge in [0.25, 0.3) is 5.91 Å². The van der Waals surface area contributed by atoms with Crippen LogP contribution in [-0.2, 0) is 4.74 Å². The summed E-state index contributed by atoms with van der Waals surface area (Å²) in [4.78, 5) is 26.4. The van der Waals surface area contributed by atoms with Crippen molar-refractivity contribution in [1.82, 2.24) is 19.9 Å². The van der Waals surface area contributed by atoms with Crippen molar-refractivity contribution in [3.8, 4) is 5.88 Å². The van der Waals surface area contributed by atoms with Gasteiger partial charge in [0.1, 0.15) is 11.3 Å². The SMILES string of the molecule is Cc1cncc(OCC[C@H]2CCOC3(C2)CN(C(=O)c2cc4ccccc4[nH]2)C3)n1. The van der Waals surface area contributed by atoms with Crippen LogP contribution in [0.3, 0.4) is 0 Å². The molecule has 1 aromatic carbocycles. The summed E-state index contributed by atoms with van der Waals surface area (Å²) < 4.78 is 11.9. The van der Waals surface area contributed by atoms with Crippen LogP contribution in [-0.4, -0.2) is 57.7 Å². The van der Waals surface area contributed by atoms with E-state index in [4.69, 9.17) is 9.47 Å². The molecule has 2 aliphatic heterocycles. The van der Waals surface area contributed by atoms with Gasteiger partial charge in [0, 0.05) is 23.7 Å². The molecule has 156 valence electrons. The molecule has 5 rings (SSSR count). The normalized spacial score (nSPS) is 20.3. The Morgan fingerprint density at radius 1 is 1.33 bits per heavy atom. The fraction of sp³-hybridized carbons (Fsp3) is 0.435. The quantitative estimate of drug-likeness (QED) is 0.703. The van der Waals surface area contributed by atoms with Gasteiger partial charge in [-0.1, -0.05) is 18.2 Å². The number of hydrogen-bond donors (Lipinski definition) is 1. The van der Waals surface area contributed by atoms with E-state index in [0.717, 1.165) is 42.5 Å². The predicted octanol–water partition coefficient (Wildman–Crippen LogP) is 3.36. The maximum Gasteiger partial charge on any atom is 0.270 e. The third-order valence-electron chi connectivity index (χ3n) is 6.11. The second-order valence-corrected chi connectivity index (χ2v) is 8.46. The van der Waals surface area contributed by atoms with Crippen molar-refractivity contribution in [2.45, 2.75) is 31.8 Å². The van der Waals surface area contributed by atoms with E-state index in [1.54, 1.807) is 12.4 Å². The van der Waals surface area contributed by atoms with E-state index in [2.05, 4.69) is 15.0 Å². The first-order valence-electron chi connectivity index (χ1n) is 10.5. The van der Waals surface area contributed by atoms with E-state index in [-0.39, 0.29) is 11.5 Å². The lowest BCUT2D eigenvalue weighted by atomic mass is 9.79. The van der Waals surface area contributed by atoms with E-state index < -0.39 is 0 Å². The van der Waals surface area contributed by atoms with Gasteiger partial charge < -0.3 is 19.4 Å². The molecule has 2 fully saturated rings. The highest BCUT2D eigenvalue weighted by Gasteiger charge is 2.49. The van der Waals surface area contributed by atoms with Crippen molar-refractivity contribution in [2.24, 2.45) is 5.92 Å². The van der Waals surface area contributed by atoms with Crippen LogP contribution in [0.2, 0.25) is 0 Å². The Bertz CT molecular complexity index is 1020. The van der Waals surface area contributed by atoms with Crippen LogP contribution in [0.5, 0.6) is 5.88 Å².